The molecule has 2 heterocycles. The minimum atomic E-state index is -0.107. The standard InChI is InChI=1S/C14H21N3O2S.ClH/c1-10(8-15)16-13(18)2-3-14(19)17-6-4-12-11(9-17)5-7-20-12;/h5,7,10H,2-4,6,8-9,15H2,1H3,(H,16,18);1H/t10-;/m0./s1. The number of carbonyl (C=O) groups is 2. The molecule has 1 aromatic heterocycles. The van der Waals surface area contributed by atoms with Gasteiger partial charge in [0, 0.05) is 43.4 Å². The SMILES string of the molecule is C[C@@H](CN)NC(=O)CCC(=O)N1CCc2sccc2C1.Cl. The van der Waals surface area contributed by atoms with Gasteiger partial charge in [0.1, 0.15) is 0 Å². The normalized spacial score (nSPS) is 14.9. The van der Waals surface area contributed by atoms with E-state index in [9.17, 15) is 9.59 Å². The van der Waals surface area contributed by atoms with E-state index in [1.807, 2.05) is 11.8 Å². The van der Waals surface area contributed by atoms with Crippen molar-refractivity contribution in [3.63, 3.8) is 0 Å². The van der Waals surface area contributed by atoms with E-state index < -0.39 is 0 Å². The third-order valence-corrected chi connectivity index (χ3v) is 4.51. The first-order valence-electron chi connectivity index (χ1n) is 6.92. The summed E-state index contributed by atoms with van der Waals surface area (Å²) < 4.78 is 0. The highest BCUT2D eigenvalue weighted by atomic mass is 35.5. The number of halogens is 1. The lowest BCUT2D eigenvalue weighted by molar-refractivity contribution is -0.134. The van der Waals surface area contributed by atoms with Crippen LogP contribution in [0.5, 0.6) is 0 Å². The lowest BCUT2D eigenvalue weighted by Crippen LogP contribution is -2.39. The first-order valence-corrected chi connectivity index (χ1v) is 7.80. The van der Waals surface area contributed by atoms with Gasteiger partial charge in [0.15, 0.2) is 0 Å². The molecule has 0 saturated heterocycles. The number of amides is 2. The number of hydrogen-bond acceptors (Lipinski definition) is 4. The van der Waals surface area contributed by atoms with Crippen LogP contribution in [0.4, 0.5) is 0 Å². The van der Waals surface area contributed by atoms with Gasteiger partial charge in [-0.1, -0.05) is 0 Å². The molecule has 5 nitrogen and oxygen atoms in total. The maximum Gasteiger partial charge on any atom is 0.223 e. The Morgan fingerprint density at radius 3 is 2.95 bits per heavy atom. The van der Waals surface area contributed by atoms with Crippen molar-refractivity contribution in [2.75, 3.05) is 13.1 Å². The fourth-order valence-electron chi connectivity index (χ4n) is 2.25. The summed E-state index contributed by atoms with van der Waals surface area (Å²) in [5, 5.41) is 4.84. The van der Waals surface area contributed by atoms with Gasteiger partial charge in [-0.15, -0.1) is 23.7 Å². The number of nitrogens with zero attached hydrogens (tertiary/aromatic N) is 1. The van der Waals surface area contributed by atoms with Crippen LogP contribution in [0.25, 0.3) is 0 Å². The zero-order valence-electron chi connectivity index (χ0n) is 12.1. The molecule has 0 aliphatic carbocycles. The van der Waals surface area contributed by atoms with E-state index in [2.05, 4.69) is 16.8 Å². The Bertz CT molecular complexity index is 492. The summed E-state index contributed by atoms with van der Waals surface area (Å²) in [5.74, 6) is -0.0538. The average molecular weight is 332 g/mol. The molecule has 118 valence electrons. The third-order valence-electron chi connectivity index (χ3n) is 3.49. The molecule has 21 heavy (non-hydrogen) atoms. The van der Waals surface area contributed by atoms with Crippen molar-refractivity contribution in [3.05, 3.63) is 21.9 Å². The molecule has 0 aromatic carbocycles. The number of rotatable bonds is 5. The lowest BCUT2D eigenvalue weighted by Gasteiger charge is -2.27. The highest BCUT2D eigenvalue weighted by Crippen LogP contribution is 2.24. The third kappa shape index (κ3) is 4.98. The summed E-state index contributed by atoms with van der Waals surface area (Å²) in [6, 6.07) is 2.04. The number of carbonyl (C=O) groups excluding carboxylic acids is 2. The summed E-state index contributed by atoms with van der Waals surface area (Å²) in [5.41, 5.74) is 6.69. The molecular weight excluding hydrogens is 310 g/mol. The first-order chi connectivity index (χ1) is 9.60. The average Bonchev–Trinajstić information content (AvgIpc) is 2.91. The lowest BCUT2D eigenvalue weighted by atomic mass is 10.1. The van der Waals surface area contributed by atoms with Crippen molar-refractivity contribution in [3.8, 4) is 0 Å². The number of hydrogen-bond donors (Lipinski definition) is 2. The van der Waals surface area contributed by atoms with Crippen LogP contribution in [0.3, 0.4) is 0 Å². The molecule has 0 bridgehead atoms. The first kappa shape index (κ1) is 17.9. The minimum absolute atomic E-state index is 0. The van der Waals surface area contributed by atoms with Gasteiger partial charge in [0.05, 0.1) is 0 Å². The number of nitrogens with one attached hydrogen (secondary N) is 1. The molecule has 2 amide bonds. The summed E-state index contributed by atoms with van der Waals surface area (Å²) in [4.78, 5) is 27.0. The van der Waals surface area contributed by atoms with E-state index in [1.165, 1.54) is 10.4 Å². The van der Waals surface area contributed by atoms with E-state index in [0.29, 0.717) is 13.1 Å². The van der Waals surface area contributed by atoms with Gasteiger partial charge >= 0.3 is 0 Å². The molecule has 0 radical (unpaired) electrons. The van der Waals surface area contributed by atoms with Gasteiger partial charge in [-0.3, -0.25) is 9.59 Å². The predicted molar refractivity (Wildman–Crippen MR) is 86.6 cm³/mol. The monoisotopic (exact) mass is 331 g/mol. The Morgan fingerprint density at radius 2 is 2.24 bits per heavy atom. The molecule has 0 spiro atoms. The number of nitrogens with two attached hydrogens (primary N) is 1. The van der Waals surface area contributed by atoms with E-state index in [4.69, 9.17) is 5.73 Å². The van der Waals surface area contributed by atoms with Crippen LogP contribution in [0, 0.1) is 0 Å². The quantitative estimate of drug-likeness (QED) is 0.854. The maximum absolute atomic E-state index is 12.1. The molecular formula is C14H22ClN3O2S. The molecule has 1 atom stereocenters. The largest absolute Gasteiger partial charge is 0.352 e. The van der Waals surface area contributed by atoms with Gasteiger partial charge in [0.2, 0.25) is 11.8 Å². The summed E-state index contributed by atoms with van der Waals surface area (Å²) >= 11 is 1.75. The molecule has 0 unspecified atom stereocenters. The Morgan fingerprint density at radius 1 is 1.48 bits per heavy atom. The van der Waals surface area contributed by atoms with Gasteiger partial charge < -0.3 is 16.0 Å². The van der Waals surface area contributed by atoms with Crippen LogP contribution in [0.1, 0.15) is 30.2 Å². The number of thiophene rings is 1. The Balaban J connectivity index is 0.00000220. The van der Waals surface area contributed by atoms with Crippen molar-refractivity contribution >= 4 is 35.6 Å². The predicted octanol–water partition coefficient (Wildman–Crippen LogP) is 1.30. The summed E-state index contributed by atoms with van der Waals surface area (Å²) in [6.45, 7) is 3.70. The van der Waals surface area contributed by atoms with Gasteiger partial charge in [0.25, 0.3) is 0 Å². The van der Waals surface area contributed by atoms with Crippen molar-refractivity contribution in [2.24, 2.45) is 5.73 Å². The molecule has 1 aliphatic heterocycles. The fourth-order valence-corrected chi connectivity index (χ4v) is 3.14. The summed E-state index contributed by atoms with van der Waals surface area (Å²) in [6.07, 6.45) is 1.42. The second-order valence-electron chi connectivity index (χ2n) is 5.14. The van der Waals surface area contributed by atoms with Crippen LogP contribution in [-0.2, 0) is 22.6 Å². The van der Waals surface area contributed by atoms with E-state index in [-0.39, 0.29) is 43.1 Å². The smallest absolute Gasteiger partial charge is 0.223 e. The van der Waals surface area contributed by atoms with E-state index >= 15 is 0 Å². The highest BCUT2D eigenvalue weighted by Gasteiger charge is 2.21. The fraction of sp³-hybridized carbons (Fsp3) is 0.571. The Hall–Kier alpha value is -1.11. The Kier molecular flexibility index (Phi) is 7.14. The molecule has 1 aliphatic rings. The van der Waals surface area contributed by atoms with Crippen molar-refractivity contribution in [2.45, 2.75) is 38.8 Å². The van der Waals surface area contributed by atoms with Crippen LogP contribution in [0.15, 0.2) is 11.4 Å². The molecule has 1 aromatic rings. The molecule has 0 fully saturated rings. The van der Waals surface area contributed by atoms with Crippen molar-refractivity contribution in [1.82, 2.24) is 10.2 Å². The van der Waals surface area contributed by atoms with Gasteiger partial charge in [-0.2, -0.15) is 0 Å². The van der Waals surface area contributed by atoms with Crippen molar-refractivity contribution in [1.29, 1.82) is 0 Å². The van der Waals surface area contributed by atoms with Crippen LogP contribution >= 0.6 is 23.7 Å². The molecule has 2 rings (SSSR count). The zero-order valence-corrected chi connectivity index (χ0v) is 13.8. The minimum Gasteiger partial charge on any atom is -0.352 e. The van der Waals surface area contributed by atoms with Crippen LogP contribution < -0.4 is 11.1 Å². The number of fused-ring (bicyclic) bond motifs is 1. The highest BCUT2D eigenvalue weighted by molar-refractivity contribution is 7.10. The van der Waals surface area contributed by atoms with Crippen LogP contribution in [0.2, 0.25) is 0 Å². The molecule has 3 N–H and O–H groups in total. The van der Waals surface area contributed by atoms with E-state index in [1.54, 1.807) is 11.3 Å². The molecule has 0 saturated carbocycles. The molecule has 7 heteroatoms. The summed E-state index contributed by atoms with van der Waals surface area (Å²) in [7, 11) is 0. The topological polar surface area (TPSA) is 75.4 Å². The van der Waals surface area contributed by atoms with Crippen LogP contribution in [-0.4, -0.2) is 35.8 Å². The van der Waals surface area contributed by atoms with Gasteiger partial charge in [-0.25, -0.2) is 0 Å². The van der Waals surface area contributed by atoms with Crippen molar-refractivity contribution < 1.29 is 9.59 Å². The zero-order chi connectivity index (χ0) is 14.5. The Labute approximate surface area is 135 Å². The van der Waals surface area contributed by atoms with Gasteiger partial charge in [-0.05, 0) is 30.4 Å². The maximum atomic E-state index is 12.1. The second kappa shape index (κ2) is 8.36. The second-order valence-corrected chi connectivity index (χ2v) is 6.14. The van der Waals surface area contributed by atoms with E-state index in [0.717, 1.165) is 13.0 Å².